The number of rotatable bonds is 1. The molecular formula is C19H30O3. The Morgan fingerprint density at radius 2 is 2.00 bits per heavy atom. The second-order valence-electron chi connectivity index (χ2n) is 8.00. The van der Waals surface area contributed by atoms with Gasteiger partial charge in [0.15, 0.2) is 0 Å². The number of fused-ring (bicyclic) bond motifs is 3. The van der Waals surface area contributed by atoms with E-state index < -0.39 is 5.60 Å². The van der Waals surface area contributed by atoms with Gasteiger partial charge in [-0.1, -0.05) is 39.0 Å². The maximum atomic E-state index is 11.4. The highest BCUT2D eigenvalue weighted by Crippen LogP contribution is 2.62. The highest BCUT2D eigenvalue weighted by atomic mass is 16.3. The average molecular weight is 306 g/mol. The Balaban J connectivity index is 1.99. The highest BCUT2D eigenvalue weighted by molar-refractivity contribution is 5.30. The lowest BCUT2D eigenvalue weighted by Crippen LogP contribution is -2.64. The van der Waals surface area contributed by atoms with E-state index in [4.69, 9.17) is 0 Å². The van der Waals surface area contributed by atoms with Gasteiger partial charge in [0.2, 0.25) is 0 Å². The summed E-state index contributed by atoms with van der Waals surface area (Å²) < 4.78 is 0. The van der Waals surface area contributed by atoms with Crippen LogP contribution in [0.15, 0.2) is 23.8 Å². The number of hydrogen-bond donors (Lipinski definition) is 3. The molecule has 0 amide bonds. The van der Waals surface area contributed by atoms with Crippen molar-refractivity contribution in [3.8, 4) is 0 Å². The van der Waals surface area contributed by atoms with Gasteiger partial charge in [0.25, 0.3) is 0 Å². The Bertz CT molecular complexity index is 497. The van der Waals surface area contributed by atoms with Gasteiger partial charge >= 0.3 is 0 Å². The van der Waals surface area contributed by atoms with Crippen molar-refractivity contribution in [2.75, 3.05) is 6.61 Å². The second kappa shape index (κ2) is 5.47. The van der Waals surface area contributed by atoms with E-state index in [9.17, 15) is 15.3 Å². The first-order valence-corrected chi connectivity index (χ1v) is 8.74. The molecule has 22 heavy (non-hydrogen) atoms. The molecule has 3 heteroatoms. The molecule has 124 valence electrons. The van der Waals surface area contributed by atoms with Crippen molar-refractivity contribution in [3.63, 3.8) is 0 Å². The van der Waals surface area contributed by atoms with Crippen molar-refractivity contribution in [2.24, 2.45) is 29.1 Å². The van der Waals surface area contributed by atoms with Crippen LogP contribution in [0.3, 0.4) is 0 Å². The zero-order valence-electron chi connectivity index (χ0n) is 14.0. The van der Waals surface area contributed by atoms with Gasteiger partial charge in [-0.3, -0.25) is 0 Å². The lowest BCUT2D eigenvalue weighted by molar-refractivity contribution is -0.223. The Kier molecular flexibility index (Phi) is 4.03. The van der Waals surface area contributed by atoms with Crippen LogP contribution >= 0.6 is 0 Å². The van der Waals surface area contributed by atoms with Crippen molar-refractivity contribution >= 4 is 0 Å². The summed E-state index contributed by atoms with van der Waals surface area (Å²) in [4.78, 5) is 0. The van der Waals surface area contributed by atoms with Crippen LogP contribution in [0.2, 0.25) is 0 Å². The molecule has 3 aliphatic carbocycles. The van der Waals surface area contributed by atoms with E-state index in [1.54, 1.807) is 0 Å². The molecule has 0 bridgehead atoms. The summed E-state index contributed by atoms with van der Waals surface area (Å²) in [6, 6.07) is 0. The van der Waals surface area contributed by atoms with Gasteiger partial charge < -0.3 is 15.3 Å². The van der Waals surface area contributed by atoms with Crippen LogP contribution in [0.25, 0.3) is 0 Å². The van der Waals surface area contributed by atoms with E-state index in [-0.39, 0.29) is 24.0 Å². The molecule has 7 atom stereocenters. The van der Waals surface area contributed by atoms with Gasteiger partial charge in [0, 0.05) is 11.3 Å². The first kappa shape index (κ1) is 16.2. The molecule has 0 unspecified atom stereocenters. The zero-order chi connectivity index (χ0) is 16.1. The first-order chi connectivity index (χ1) is 10.3. The summed E-state index contributed by atoms with van der Waals surface area (Å²) in [7, 11) is 0. The fourth-order valence-electron chi connectivity index (χ4n) is 5.65. The van der Waals surface area contributed by atoms with Crippen molar-refractivity contribution in [3.05, 3.63) is 23.8 Å². The Morgan fingerprint density at radius 1 is 1.27 bits per heavy atom. The second-order valence-corrected chi connectivity index (χ2v) is 8.00. The molecule has 0 aromatic carbocycles. The van der Waals surface area contributed by atoms with Crippen molar-refractivity contribution in [2.45, 2.75) is 58.2 Å². The number of aliphatic hydroxyl groups excluding tert-OH is 2. The summed E-state index contributed by atoms with van der Waals surface area (Å²) >= 11 is 0. The van der Waals surface area contributed by atoms with Gasteiger partial charge in [-0.2, -0.15) is 0 Å². The number of hydrogen-bond acceptors (Lipinski definition) is 3. The topological polar surface area (TPSA) is 60.7 Å². The lowest BCUT2D eigenvalue weighted by Gasteiger charge is -2.62. The molecule has 3 rings (SSSR count). The molecule has 0 heterocycles. The van der Waals surface area contributed by atoms with E-state index in [0.717, 1.165) is 25.7 Å². The largest absolute Gasteiger partial charge is 0.393 e. The van der Waals surface area contributed by atoms with Crippen LogP contribution in [-0.4, -0.2) is 33.6 Å². The monoisotopic (exact) mass is 306 g/mol. The van der Waals surface area contributed by atoms with Crippen molar-refractivity contribution in [1.82, 2.24) is 0 Å². The van der Waals surface area contributed by atoms with E-state index in [2.05, 4.69) is 26.0 Å². The standard InChI is InChI=1S/C19H30O3/c1-12-14(8-11-20)4-5-16-15(12)6-10-19(22)13(2)17(21)7-9-18(16,19)3/h4-5,8,12-13,15-17,20-22H,6-7,9-11H2,1-3H3/b14-8-/t12-,13+,15-,16-,17+,18+,19+/m0/s1. The molecule has 0 aromatic rings. The molecular weight excluding hydrogens is 276 g/mol. The molecule has 3 aliphatic rings. The average Bonchev–Trinajstić information content (AvgIpc) is 2.49. The van der Waals surface area contributed by atoms with Crippen LogP contribution in [0.1, 0.15) is 46.5 Å². The van der Waals surface area contributed by atoms with E-state index in [1.165, 1.54) is 5.57 Å². The third-order valence-corrected chi connectivity index (χ3v) is 7.33. The highest BCUT2D eigenvalue weighted by Gasteiger charge is 2.62. The quantitative estimate of drug-likeness (QED) is 0.698. The normalized spacial score (nSPS) is 53.2. The van der Waals surface area contributed by atoms with Crippen LogP contribution < -0.4 is 0 Å². The first-order valence-electron chi connectivity index (χ1n) is 8.74. The predicted molar refractivity (Wildman–Crippen MR) is 87.1 cm³/mol. The minimum atomic E-state index is -0.770. The molecule has 0 aromatic heterocycles. The molecule has 2 saturated carbocycles. The third-order valence-electron chi connectivity index (χ3n) is 7.33. The fourth-order valence-corrected chi connectivity index (χ4v) is 5.65. The van der Waals surface area contributed by atoms with Gasteiger partial charge in [-0.15, -0.1) is 0 Å². The maximum Gasteiger partial charge on any atom is 0.0756 e. The van der Waals surface area contributed by atoms with Gasteiger partial charge in [-0.25, -0.2) is 0 Å². The fraction of sp³-hybridized carbons (Fsp3) is 0.789. The summed E-state index contributed by atoms with van der Waals surface area (Å²) in [6.45, 7) is 6.57. The SMILES string of the molecule is C[C@@H]1[C@H](O)CC[C@]2(C)[C@H]3C=C/C(=C/CO)[C@H](C)[C@@H]3CC[C@@]12O. The third kappa shape index (κ3) is 2.05. The molecule has 3 nitrogen and oxygen atoms in total. The van der Waals surface area contributed by atoms with Crippen LogP contribution in [0.5, 0.6) is 0 Å². The Morgan fingerprint density at radius 3 is 2.68 bits per heavy atom. The molecule has 3 N–H and O–H groups in total. The maximum absolute atomic E-state index is 11.4. The summed E-state index contributed by atoms with van der Waals surface area (Å²) in [6.07, 6.45) is 9.36. The lowest BCUT2D eigenvalue weighted by atomic mass is 9.45. The Hall–Kier alpha value is -0.640. The van der Waals surface area contributed by atoms with Gasteiger partial charge in [-0.05, 0) is 49.0 Å². The zero-order valence-corrected chi connectivity index (χ0v) is 14.0. The van der Waals surface area contributed by atoms with E-state index >= 15 is 0 Å². The van der Waals surface area contributed by atoms with Crippen molar-refractivity contribution < 1.29 is 15.3 Å². The number of aliphatic hydroxyl groups is 3. The predicted octanol–water partition coefficient (Wildman–Crippen LogP) is 2.67. The summed E-state index contributed by atoms with van der Waals surface area (Å²) in [5.41, 5.74) is 0.291. The minimum absolute atomic E-state index is 0.0645. The molecule has 2 fully saturated rings. The van der Waals surface area contributed by atoms with Gasteiger partial charge in [0.05, 0.1) is 18.3 Å². The van der Waals surface area contributed by atoms with E-state index in [1.807, 2.05) is 13.0 Å². The van der Waals surface area contributed by atoms with Crippen molar-refractivity contribution in [1.29, 1.82) is 0 Å². The molecule has 0 radical (unpaired) electrons. The molecule has 0 saturated heterocycles. The summed E-state index contributed by atoms with van der Waals surface area (Å²) in [5, 5.41) is 30.9. The minimum Gasteiger partial charge on any atom is -0.393 e. The van der Waals surface area contributed by atoms with Crippen LogP contribution in [0, 0.1) is 29.1 Å². The van der Waals surface area contributed by atoms with Crippen LogP contribution in [-0.2, 0) is 0 Å². The summed E-state index contributed by atoms with van der Waals surface area (Å²) in [5.74, 6) is 1.23. The molecule has 0 aliphatic heterocycles. The van der Waals surface area contributed by atoms with Crippen LogP contribution in [0.4, 0.5) is 0 Å². The van der Waals surface area contributed by atoms with E-state index in [0.29, 0.717) is 17.8 Å². The van der Waals surface area contributed by atoms with Gasteiger partial charge in [0.1, 0.15) is 0 Å². The smallest absolute Gasteiger partial charge is 0.0756 e. The number of allylic oxidation sites excluding steroid dienone is 3. The Labute approximate surface area is 133 Å². The molecule has 0 spiro atoms.